The summed E-state index contributed by atoms with van der Waals surface area (Å²) in [7, 11) is -1.35. The van der Waals surface area contributed by atoms with Gasteiger partial charge in [0.1, 0.15) is 0 Å². The van der Waals surface area contributed by atoms with Gasteiger partial charge in [-0.1, -0.05) is 13.8 Å². The molecule has 0 spiro atoms. The summed E-state index contributed by atoms with van der Waals surface area (Å²) in [5, 5.41) is 0. The van der Waals surface area contributed by atoms with Crippen molar-refractivity contribution in [2.45, 2.75) is 26.3 Å². The lowest BCUT2D eigenvalue weighted by molar-refractivity contribution is -0.142. The zero-order chi connectivity index (χ0) is 10.4. The van der Waals surface area contributed by atoms with E-state index in [0.29, 0.717) is 6.42 Å². The molecule has 0 heterocycles. The third-order valence-electron chi connectivity index (χ3n) is 1.38. The van der Waals surface area contributed by atoms with Gasteiger partial charge >= 0.3 is 16.5 Å². The normalized spacial score (nSPS) is 12.3. The van der Waals surface area contributed by atoms with Gasteiger partial charge in [0.15, 0.2) is 6.04 Å². The zero-order valence-electron chi connectivity index (χ0n) is 7.85. The van der Waals surface area contributed by atoms with Crippen LogP contribution in [0.3, 0.4) is 0 Å². The summed E-state index contributed by atoms with van der Waals surface area (Å²) in [6, 6.07) is -0.900. The molecule has 0 saturated carbocycles. The Hall–Kier alpha value is -0.910. The number of nitrogens with zero attached hydrogens (tertiary/aromatic N) is 1. The summed E-state index contributed by atoms with van der Waals surface area (Å²) in [6.45, 7) is 3.75. The Morgan fingerprint density at radius 3 is 2.31 bits per heavy atom. The fourth-order valence-corrected chi connectivity index (χ4v) is 1.25. The van der Waals surface area contributed by atoms with Crippen LogP contribution in [0.15, 0.2) is 4.36 Å². The lowest BCUT2D eigenvalue weighted by atomic mass is 10.1. The Labute approximate surface area is 78.8 Å². The highest BCUT2D eigenvalue weighted by Crippen LogP contribution is 2.09. The molecular formula is C7H13NO4S. The van der Waals surface area contributed by atoms with E-state index in [1.165, 1.54) is 7.11 Å². The number of hydrogen-bond donors (Lipinski definition) is 0. The molecule has 0 saturated heterocycles. The third kappa shape index (κ3) is 5.35. The molecule has 6 heteroatoms. The van der Waals surface area contributed by atoms with Gasteiger partial charge in [0.2, 0.25) is 0 Å². The molecule has 0 aliphatic heterocycles. The molecule has 0 aromatic heterocycles. The van der Waals surface area contributed by atoms with Crippen LogP contribution in [0, 0.1) is 5.92 Å². The van der Waals surface area contributed by atoms with E-state index < -0.39 is 22.5 Å². The lowest BCUT2D eigenvalue weighted by Gasteiger charge is -2.09. The van der Waals surface area contributed by atoms with Crippen LogP contribution < -0.4 is 0 Å². The number of hydrogen-bond acceptors (Lipinski definition) is 5. The van der Waals surface area contributed by atoms with E-state index in [0.717, 1.165) is 0 Å². The highest BCUT2D eigenvalue weighted by Gasteiger charge is 2.19. The van der Waals surface area contributed by atoms with Crippen LogP contribution in [0.4, 0.5) is 0 Å². The van der Waals surface area contributed by atoms with E-state index >= 15 is 0 Å². The molecule has 0 N–H and O–H groups in total. The maximum atomic E-state index is 11.0. The van der Waals surface area contributed by atoms with Crippen LogP contribution in [-0.2, 0) is 20.0 Å². The smallest absolute Gasteiger partial charge is 0.331 e. The highest BCUT2D eigenvalue weighted by molar-refractivity contribution is 7.61. The Morgan fingerprint density at radius 2 is 2.00 bits per heavy atom. The fourth-order valence-electron chi connectivity index (χ4n) is 0.869. The minimum atomic E-state index is -2.56. The molecule has 0 rings (SSSR count). The van der Waals surface area contributed by atoms with Gasteiger partial charge in [-0.2, -0.15) is 12.8 Å². The average Bonchev–Trinajstić information content (AvgIpc) is 2.00. The predicted octanol–water partition coefficient (Wildman–Crippen LogP) is 0.637. The van der Waals surface area contributed by atoms with Gasteiger partial charge in [-0.3, -0.25) is 0 Å². The second kappa shape index (κ2) is 5.69. The van der Waals surface area contributed by atoms with Crippen molar-refractivity contribution in [3.63, 3.8) is 0 Å². The molecule has 76 valence electrons. The van der Waals surface area contributed by atoms with Crippen molar-refractivity contribution in [1.82, 2.24) is 0 Å². The molecule has 13 heavy (non-hydrogen) atoms. The Balaban J connectivity index is 4.56. The second-order valence-electron chi connectivity index (χ2n) is 2.99. The zero-order valence-corrected chi connectivity index (χ0v) is 8.67. The largest absolute Gasteiger partial charge is 0.467 e. The van der Waals surface area contributed by atoms with E-state index in [1.807, 2.05) is 13.8 Å². The first kappa shape index (κ1) is 12.1. The summed E-state index contributed by atoms with van der Waals surface area (Å²) in [4.78, 5) is 11.0. The standard InChI is InChI=1S/C7H13NO4S/c1-5(2)4-6(7(9)12-3)8-13(10)11/h5-6H,4H2,1-3H3/t6-/m1/s1. The van der Waals surface area contributed by atoms with E-state index in [1.54, 1.807) is 0 Å². The van der Waals surface area contributed by atoms with Crippen molar-refractivity contribution in [3.8, 4) is 0 Å². The Kier molecular flexibility index (Phi) is 5.29. The van der Waals surface area contributed by atoms with Crippen LogP contribution in [0.1, 0.15) is 20.3 Å². The van der Waals surface area contributed by atoms with Crippen molar-refractivity contribution in [2.75, 3.05) is 7.11 Å². The molecule has 0 aliphatic carbocycles. The van der Waals surface area contributed by atoms with E-state index in [2.05, 4.69) is 9.10 Å². The molecule has 0 aromatic carbocycles. The van der Waals surface area contributed by atoms with E-state index in [-0.39, 0.29) is 5.92 Å². The van der Waals surface area contributed by atoms with Crippen LogP contribution in [-0.4, -0.2) is 27.5 Å². The molecule has 0 bridgehead atoms. The van der Waals surface area contributed by atoms with Crippen molar-refractivity contribution < 1.29 is 17.9 Å². The van der Waals surface area contributed by atoms with Gasteiger partial charge in [0.25, 0.3) is 0 Å². The molecule has 0 unspecified atom stereocenters. The van der Waals surface area contributed by atoms with Crippen LogP contribution in [0.25, 0.3) is 0 Å². The molecule has 0 fully saturated rings. The van der Waals surface area contributed by atoms with Gasteiger partial charge in [0.05, 0.1) is 7.11 Å². The number of esters is 1. The first-order chi connectivity index (χ1) is 5.97. The third-order valence-corrected chi connectivity index (χ3v) is 1.81. The summed E-state index contributed by atoms with van der Waals surface area (Å²) in [6.07, 6.45) is 0.376. The van der Waals surface area contributed by atoms with Crippen LogP contribution in [0.5, 0.6) is 0 Å². The highest BCUT2D eigenvalue weighted by atomic mass is 32.2. The number of carbonyl (C=O) groups excluding carboxylic acids is 1. The fraction of sp³-hybridized carbons (Fsp3) is 0.857. The van der Waals surface area contributed by atoms with Gasteiger partial charge < -0.3 is 4.74 Å². The lowest BCUT2D eigenvalue weighted by Crippen LogP contribution is -2.21. The SMILES string of the molecule is COC(=O)[C@@H](CC(C)C)N=S(=O)=O. The summed E-state index contributed by atoms with van der Waals surface area (Å²) in [5.41, 5.74) is 0. The van der Waals surface area contributed by atoms with Gasteiger partial charge in [-0.15, -0.1) is 0 Å². The topological polar surface area (TPSA) is 72.8 Å². The molecule has 0 aromatic rings. The maximum Gasteiger partial charge on any atom is 0.331 e. The quantitative estimate of drug-likeness (QED) is 0.634. The second-order valence-corrected chi connectivity index (χ2v) is 3.64. The van der Waals surface area contributed by atoms with Crippen LogP contribution in [0.2, 0.25) is 0 Å². The van der Waals surface area contributed by atoms with Crippen molar-refractivity contribution in [3.05, 3.63) is 0 Å². The number of rotatable bonds is 4. The summed E-state index contributed by atoms with van der Waals surface area (Å²) < 4.78 is 28.1. The number of ether oxygens (including phenoxy) is 1. The predicted molar refractivity (Wildman–Crippen MR) is 46.6 cm³/mol. The van der Waals surface area contributed by atoms with Gasteiger partial charge in [0, 0.05) is 0 Å². The first-order valence-corrected chi connectivity index (χ1v) is 4.88. The minimum Gasteiger partial charge on any atom is -0.467 e. The number of methoxy groups -OCH3 is 1. The molecule has 1 atom stereocenters. The monoisotopic (exact) mass is 207 g/mol. The molecule has 0 aliphatic rings. The summed E-state index contributed by atoms with van der Waals surface area (Å²) in [5.74, 6) is -0.422. The van der Waals surface area contributed by atoms with Gasteiger partial charge in [-0.25, -0.2) is 4.79 Å². The Bertz CT molecular complexity index is 286. The average molecular weight is 207 g/mol. The van der Waals surface area contributed by atoms with Crippen LogP contribution >= 0.6 is 0 Å². The molecular weight excluding hydrogens is 194 g/mol. The van der Waals surface area contributed by atoms with Crippen molar-refractivity contribution in [2.24, 2.45) is 10.3 Å². The first-order valence-electron chi connectivity index (χ1n) is 3.85. The van der Waals surface area contributed by atoms with E-state index in [9.17, 15) is 13.2 Å². The van der Waals surface area contributed by atoms with Crippen molar-refractivity contribution in [1.29, 1.82) is 0 Å². The van der Waals surface area contributed by atoms with Gasteiger partial charge in [-0.05, 0) is 12.3 Å². The molecule has 0 amide bonds. The number of carbonyl (C=O) groups is 1. The van der Waals surface area contributed by atoms with Crippen molar-refractivity contribution >= 4 is 16.5 Å². The maximum absolute atomic E-state index is 11.0. The summed E-state index contributed by atoms with van der Waals surface area (Å²) >= 11 is 0. The van der Waals surface area contributed by atoms with E-state index in [4.69, 9.17) is 0 Å². The molecule has 5 nitrogen and oxygen atoms in total. The minimum absolute atomic E-state index is 0.191. The molecule has 0 radical (unpaired) electrons. The Morgan fingerprint density at radius 1 is 1.46 bits per heavy atom.